The molecule has 2 atom stereocenters. The molecule has 0 bridgehead atoms. The molecule has 1 fully saturated rings. The summed E-state index contributed by atoms with van der Waals surface area (Å²) >= 11 is 0. The maximum atomic E-state index is 11.9. The molecule has 5 nitrogen and oxygen atoms in total. The number of amides is 1. The zero-order valence-electron chi connectivity index (χ0n) is 14.7. The van der Waals surface area contributed by atoms with E-state index in [0.29, 0.717) is 18.8 Å². The van der Waals surface area contributed by atoms with E-state index in [9.17, 15) is 14.7 Å². The first-order chi connectivity index (χ1) is 11.2. The van der Waals surface area contributed by atoms with Gasteiger partial charge < -0.3 is 15.2 Å². The van der Waals surface area contributed by atoms with Gasteiger partial charge in [-0.05, 0) is 36.2 Å². The van der Waals surface area contributed by atoms with Crippen molar-refractivity contribution < 1.29 is 19.4 Å². The summed E-state index contributed by atoms with van der Waals surface area (Å²) in [6.45, 7) is 6.53. The first-order valence-electron chi connectivity index (χ1n) is 8.40. The first-order valence-corrected chi connectivity index (χ1v) is 8.40. The van der Waals surface area contributed by atoms with Gasteiger partial charge in [-0.3, -0.25) is 4.79 Å². The third kappa shape index (κ3) is 4.73. The molecule has 5 heteroatoms. The number of carboxylic acids is 1. The smallest absolute Gasteiger partial charge is 0.407 e. The molecular weight excluding hydrogens is 306 g/mol. The van der Waals surface area contributed by atoms with Crippen LogP contribution in [-0.4, -0.2) is 23.7 Å². The van der Waals surface area contributed by atoms with E-state index in [4.69, 9.17) is 4.74 Å². The summed E-state index contributed by atoms with van der Waals surface area (Å²) in [5.74, 6) is -0.530. The summed E-state index contributed by atoms with van der Waals surface area (Å²) in [7, 11) is 0. The zero-order chi connectivity index (χ0) is 17.8. The van der Waals surface area contributed by atoms with Crippen molar-refractivity contribution in [2.24, 2.45) is 16.7 Å². The number of aliphatic carboxylic acids is 1. The third-order valence-electron chi connectivity index (χ3n) is 4.69. The molecule has 0 saturated heterocycles. The Labute approximate surface area is 143 Å². The average Bonchev–Trinajstić information content (AvgIpc) is 2.50. The lowest BCUT2D eigenvalue weighted by atomic mass is 9.60. The molecule has 2 unspecified atom stereocenters. The van der Waals surface area contributed by atoms with Crippen molar-refractivity contribution in [1.29, 1.82) is 0 Å². The number of benzene rings is 1. The topological polar surface area (TPSA) is 75.6 Å². The fourth-order valence-corrected chi connectivity index (χ4v) is 4.13. The lowest BCUT2D eigenvalue weighted by Crippen LogP contribution is -2.49. The van der Waals surface area contributed by atoms with Crippen molar-refractivity contribution in [2.75, 3.05) is 6.54 Å². The Bertz CT molecular complexity index is 584. The Hall–Kier alpha value is -2.04. The van der Waals surface area contributed by atoms with Gasteiger partial charge in [0.05, 0.1) is 5.41 Å². The Morgan fingerprint density at radius 3 is 2.50 bits per heavy atom. The van der Waals surface area contributed by atoms with Crippen molar-refractivity contribution in [3.8, 4) is 0 Å². The predicted molar refractivity (Wildman–Crippen MR) is 91.5 cm³/mol. The van der Waals surface area contributed by atoms with Crippen molar-refractivity contribution in [1.82, 2.24) is 5.32 Å². The fraction of sp³-hybridized carbons (Fsp3) is 0.579. The predicted octanol–water partition coefficient (Wildman–Crippen LogP) is 3.83. The van der Waals surface area contributed by atoms with E-state index in [1.165, 1.54) is 0 Å². The number of carbonyl (C=O) groups excluding carboxylic acids is 1. The van der Waals surface area contributed by atoms with Crippen LogP contribution in [-0.2, 0) is 16.1 Å². The SMILES string of the molecule is CC1CC(C)(C)CC(CNC(=O)OCc2ccccc2)(C(=O)O)C1. The molecule has 0 heterocycles. The van der Waals surface area contributed by atoms with Crippen LogP contribution in [0.4, 0.5) is 4.79 Å². The highest BCUT2D eigenvalue weighted by Crippen LogP contribution is 2.48. The molecule has 0 aromatic heterocycles. The van der Waals surface area contributed by atoms with Crippen LogP contribution in [0, 0.1) is 16.7 Å². The van der Waals surface area contributed by atoms with Crippen LogP contribution in [0.15, 0.2) is 30.3 Å². The molecule has 0 spiro atoms. The second-order valence-corrected chi connectivity index (χ2v) is 7.86. The van der Waals surface area contributed by atoms with E-state index in [0.717, 1.165) is 12.0 Å². The molecule has 2 N–H and O–H groups in total. The van der Waals surface area contributed by atoms with E-state index < -0.39 is 17.5 Å². The van der Waals surface area contributed by atoms with Crippen LogP contribution in [0.5, 0.6) is 0 Å². The summed E-state index contributed by atoms with van der Waals surface area (Å²) in [6, 6.07) is 9.39. The van der Waals surface area contributed by atoms with Gasteiger partial charge in [0.25, 0.3) is 0 Å². The molecule has 0 aliphatic heterocycles. The monoisotopic (exact) mass is 333 g/mol. The number of rotatable bonds is 5. The maximum absolute atomic E-state index is 11.9. The molecule has 1 aliphatic carbocycles. The number of alkyl carbamates (subject to hydrolysis) is 1. The van der Waals surface area contributed by atoms with Crippen LogP contribution in [0.25, 0.3) is 0 Å². The molecular formula is C19H27NO4. The second kappa shape index (κ2) is 7.24. The normalized spacial score (nSPS) is 25.7. The highest BCUT2D eigenvalue weighted by molar-refractivity contribution is 5.76. The molecule has 132 valence electrons. The summed E-state index contributed by atoms with van der Waals surface area (Å²) in [4.78, 5) is 23.8. The van der Waals surface area contributed by atoms with Crippen LogP contribution in [0.3, 0.4) is 0 Å². The van der Waals surface area contributed by atoms with Gasteiger partial charge in [-0.15, -0.1) is 0 Å². The number of ether oxygens (including phenoxy) is 1. The van der Waals surface area contributed by atoms with Gasteiger partial charge in [-0.1, -0.05) is 51.1 Å². The number of hydrogen-bond donors (Lipinski definition) is 2. The second-order valence-electron chi connectivity index (χ2n) is 7.86. The van der Waals surface area contributed by atoms with E-state index in [-0.39, 0.29) is 18.6 Å². The summed E-state index contributed by atoms with van der Waals surface area (Å²) in [5, 5.41) is 12.4. The van der Waals surface area contributed by atoms with Gasteiger partial charge in [0.15, 0.2) is 0 Å². The highest BCUT2D eigenvalue weighted by atomic mass is 16.5. The molecule has 24 heavy (non-hydrogen) atoms. The van der Waals surface area contributed by atoms with E-state index in [1.54, 1.807) is 0 Å². The Morgan fingerprint density at radius 1 is 1.25 bits per heavy atom. The lowest BCUT2D eigenvalue weighted by Gasteiger charge is -2.45. The number of carboxylic acid groups (broad SMARTS) is 1. The fourth-order valence-electron chi connectivity index (χ4n) is 4.13. The molecule has 1 aromatic carbocycles. The van der Waals surface area contributed by atoms with Crippen LogP contribution < -0.4 is 5.32 Å². The van der Waals surface area contributed by atoms with E-state index in [2.05, 4.69) is 26.1 Å². The largest absolute Gasteiger partial charge is 0.481 e. The van der Waals surface area contributed by atoms with Crippen molar-refractivity contribution in [3.63, 3.8) is 0 Å². The Morgan fingerprint density at radius 2 is 1.92 bits per heavy atom. The van der Waals surface area contributed by atoms with Gasteiger partial charge >= 0.3 is 12.1 Å². The van der Waals surface area contributed by atoms with Gasteiger partial charge in [-0.25, -0.2) is 4.79 Å². The van der Waals surface area contributed by atoms with Crippen molar-refractivity contribution in [2.45, 2.75) is 46.6 Å². The first kappa shape index (κ1) is 18.3. The van der Waals surface area contributed by atoms with Gasteiger partial charge in [0, 0.05) is 6.54 Å². The molecule has 1 aromatic rings. The van der Waals surface area contributed by atoms with E-state index >= 15 is 0 Å². The molecule has 0 radical (unpaired) electrons. The summed E-state index contributed by atoms with van der Waals surface area (Å²) in [6.07, 6.45) is 1.56. The molecule has 1 saturated carbocycles. The average molecular weight is 333 g/mol. The van der Waals surface area contributed by atoms with Crippen LogP contribution in [0.2, 0.25) is 0 Å². The minimum absolute atomic E-state index is 0.0499. The van der Waals surface area contributed by atoms with Gasteiger partial charge in [-0.2, -0.15) is 0 Å². The minimum atomic E-state index is -0.924. The summed E-state index contributed by atoms with van der Waals surface area (Å²) < 4.78 is 5.18. The van der Waals surface area contributed by atoms with Crippen molar-refractivity contribution in [3.05, 3.63) is 35.9 Å². The zero-order valence-corrected chi connectivity index (χ0v) is 14.7. The van der Waals surface area contributed by atoms with Crippen LogP contribution in [0.1, 0.15) is 45.6 Å². The van der Waals surface area contributed by atoms with Gasteiger partial charge in [0.2, 0.25) is 0 Å². The Kier molecular flexibility index (Phi) is 5.52. The van der Waals surface area contributed by atoms with E-state index in [1.807, 2.05) is 30.3 Å². The minimum Gasteiger partial charge on any atom is -0.481 e. The van der Waals surface area contributed by atoms with Gasteiger partial charge in [0.1, 0.15) is 6.61 Å². The number of carbonyl (C=O) groups is 2. The molecule has 1 aliphatic rings. The maximum Gasteiger partial charge on any atom is 0.407 e. The molecule has 2 rings (SSSR count). The number of hydrogen-bond acceptors (Lipinski definition) is 3. The van der Waals surface area contributed by atoms with Crippen LogP contribution >= 0.6 is 0 Å². The Balaban J connectivity index is 1.94. The quantitative estimate of drug-likeness (QED) is 0.858. The number of nitrogens with one attached hydrogen (secondary N) is 1. The lowest BCUT2D eigenvalue weighted by molar-refractivity contribution is -0.154. The van der Waals surface area contributed by atoms with Crippen molar-refractivity contribution >= 4 is 12.1 Å². The third-order valence-corrected chi connectivity index (χ3v) is 4.69. The molecule has 1 amide bonds. The highest BCUT2D eigenvalue weighted by Gasteiger charge is 2.48. The summed E-state index contributed by atoms with van der Waals surface area (Å²) in [5.41, 5.74) is -0.0773. The standard InChI is InChI=1S/C19H27NO4/c1-14-9-18(2,3)12-19(10-14,16(21)22)13-20-17(23)24-11-15-7-5-4-6-8-15/h4-8,14H,9-13H2,1-3H3,(H,20,23)(H,21,22).